The van der Waals surface area contributed by atoms with Gasteiger partial charge in [-0.05, 0) is 37.5 Å². The third-order valence-electron chi connectivity index (χ3n) is 2.82. The number of carbonyl (C=O) groups is 1. The second-order valence-corrected chi connectivity index (χ2v) is 10.4. The highest BCUT2D eigenvalue weighted by atomic mass is 28.3. The van der Waals surface area contributed by atoms with Crippen molar-refractivity contribution in [2.45, 2.75) is 40.4 Å². The molecule has 0 heterocycles. The van der Waals surface area contributed by atoms with Gasteiger partial charge in [-0.1, -0.05) is 31.6 Å². The lowest BCUT2D eigenvalue weighted by molar-refractivity contribution is 0.0695. The Labute approximate surface area is 110 Å². The summed E-state index contributed by atoms with van der Waals surface area (Å²) in [7, 11) is -1.51. The van der Waals surface area contributed by atoms with Crippen molar-refractivity contribution in [2.75, 3.05) is 0 Å². The first-order chi connectivity index (χ1) is 8.13. The monoisotopic (exact) mass is 260 g/mol. The van der Waals surface area contributed by atoms with Gasteiger partial charge in [-0.25, -0.2) is 4.79 Å². The molecular weight excluding hydrogens is 240 g/mol. The molecule has 3 heteroatoms. The first-order valence-electron chi connectivity index (χ1n) is 6.01. The summed E-state index contributed by atoms with van der Waals surface area (Å²) in [4.78, 5) is 11.4. The van der Waals surface area contributed by atoms with Gasteiger partial charge >= 0.3 is 5.97 Å². The van der Waals surface area contributed by atoms with Gasteiger partial charge in [0.2, 0.25) is 0 Å². The average molecular weight is 260 g/mol. The molecule has 0 aliphatic heterocycles. The number of aromatic carboxylic acids is 1. The summed E-state index contributed by atoms with van der Waals surface area (Å²) < 4.78 is 0. The minimum atomic E-state index is -1.51. The number of carboxylic acid groups (broad SMARTS) is 1. The van der Waals surface area contributed by atoms with Gasteiger partial charge < -0.3 is 5.11 Å². The fourth-order valence-corrected chi connectivity index (χ4v) is 2.27. The second-order valence-electron chi connectivity index (χ2n) is 5.69. The third kappa shape index (κ3) is 3.24. The van der Waals surface area contributed by atoms with Crippen molar-refractivity contribution in [1.29, 1.82) is 0 Å². The Morgan fingerprint density at radius 3 is 2.17 bits per heavy atom. The number of carboxylic acids is 1. The molecule has 1 aromatic rings. The van der Waals surface area contributed by atoms with Crippen LogP contribution in [0.3, 0.4) is 0 Å². The molecule has 0 radical (unpaired) electrons. The molecule has 0 aliphatic carbocycles. The van der Waals surface area contributed by atoms with Gasteiger partial charge in [0, 0.05) is 5.56 Å². The van der Waals surface area contributed by atoms with E-state index < -0.39 is 14.0 Å². The summed E-state index contributed by atoms with van der Waals surface area (Å²) in [6, 6.07) is 1.92. The van der Waals surface area contributed by atoms with Crippen LogP contribution in [0.2, 0.25) is 19.6 Å². The average Bonchev–Trinajstić information content (AvgIpc) is 2.19. The van der Waals surface area contributed by atoms with Gasteiger partial charge in [-0.15, -0.1) is 5.54 Å². The number of hydrogen-bond donors (Lipinski definition) is 1. The number of rotatable bonds is 1. The van der Waals surface area contributed by atoms with Crippen molar-refractivity contribution >= 4 is 14.0 Å². The van der Waals surface area contributed by atoms with Crippen LogP contribution < -0.4 is 0 Å². The maximum absolute atomic E-state index is 11.4. The summed E-state index contributed by atoms with van der Waals surface area (Å²) in [6.45, 7) is 12.2. The van der Waals surface area contributed by atoms with E-state index in [0.29, 0.717) is 11.1 Å². The van der Waals surface area contributed by atoms with Crippen LogP contribution in [0.1, 0.15) is 32.6 Å². The molecule has 0 unspecified atom stereocenters. The summed E-state index contributed by atoms with van der Waals surface area (Å²) in [6.07, 6.45) is 0. The first kappa shape index (κ1) is 14.5. The Balaban J connectivity index is 3.58. The van der Waals surface area contributed by atoms with Crippen LogP contribution in [0.25, 0.3) is 0 Å². The van der Waals surface area contributed by atoms with E-state index in [-0.39, 0.29) is 0 Å². The van der Waals surface area contributed by atoms with Crippen LogP contribution in [0.4, 0.5) is 0 Å². The number of hydrogen-bond acceptors (Lipinski definition) is 1. The topological polar surface area (TPSA) is 37.3 Å². The van der Waals surface area contributed by atoms with Crippen molar-refractivity contribution in [3.8, 4) is 11.5 Å². The fraction of sp³-hybridized carbons (Fsp3) is 0.400. The summed E-state index contributed by atoms with van der Waals surface area (Å²) in [5, 5.41) is 9.33. The van der Waals surface area contributed by atoms with Crippen molar-refractivity contribution in [1.82, 2.24) is 0 Å². The normalized spacial score (nSPS) is 10.8. The van der Waals surface area contributed by atoms with E-state index in [2.05, 4.69) is 31.1 Å². The van der Waals surface area contributed by atoms with Crippen LogP contribution in [0.5, 0.6) is 0 Å². The van der Waals surface area contributed by atoms with E-state index >= 15 is 0 Å². The highest BCUT2D eigenvalue weighted by Crippen LogP contribution is 2.22. The zero-order valence-corrected chi connectivity index (χ0v) is 12.9. The molecule has 0 saturated heterocycles. The molecule has 0 fully saturated rings. The smallest absolute Gasteiger partial charge is 0.337 e. The molecule has 1 rings (SSSR count). The van der Waals surface area contributed by atoms with Crippen molar-refractivity contribution in [3.63, 3.8) is 0 Å². The minimum absolute atomic E-state index is 0.351. The zero-order chi connectivity index (χ0) is 14.1. The van der Waals surface area contributed by atoms with Crippen molar-refractivity contribution < 1.29 is 9.90 Å². The maximum atomic E-state index is 11.4. The molecule has 18 heavy (non-hydrogen) atoms. The SMILES string of the molecule is Cc1cc(C)c(C(=O)O)c(C#C[Si](C)(C)C)c1C. The zero-order valence-electron chi connectivity index (χ0n) is 11.9. The molecule has 0 aliphatic rings. The van der Waals surface area contributed by atoms with Gasteiger partial charge in [-0.3, -0.25) is 0 Å². The quantitative estimate of drug-likeness (QED) is 0.619. The Morgan fingerprint density at radius 2 is 1.72 bits per heavy atom. The highest BCUT2D eigenvalue weighted by Gasteiger charge is 2.16. The van der Waals surface area contributed by atoms with E-state index in [4.69, 9.17) is 0 Å². The van der Waals surface area contributed by atoms with Crippen LogP contribution in [0, 0.1) is 32.2 Å². The summed E-state index contributed by atoms with van der Waals surface area (Å²) >= 11 is 0. The molecule has 0 spiro atoms. The van der Waals surface area contributed by atoms with E-state index in [1.54, 1.807) is 0 Å². The van der Waals surface area contributed by atoms with Gasteiger partial charge in [0.15, 0.2) is 0 Å². The lowest BCUT2D eigenvalue weighted by atomic mass is 9.94. The van der Waals surface area contributed by atoms with Gasteiger partial charge in [0.1, 0.15) is 8.07 Å². The number of aryl methyl sites for hydroxylation is 2. The second kappa shape index (κ2) is 4.99. The largest absolute Gasteiger partial charge is 0.478 e. The maximum Gasteiger partial charge on any atom is 0.337 e. The van der Waals surface area contributed by atoms with Gasteiger partial charge in [0.05, 0.1) is 5.56 Å². The lowest BCUT2D eigenvalue weighted by Gasteiger charge is -2.11. The number of benzene rings is 1. The molecule has 0 saturated carbocycles. The van der Waals surface area contributed by atoms with Crippen molar-refractivity contribution in [3.05, 3.63) is 33.9 Å². The lowest BCUT2D eigenvalue weighted by Crippen LogP contribution is -2.17. The molecular formula is C15H20O2Si. The van der Waals surface area contributed by atoms with E-state index in [1.165, 1.54) is 0 Å². The van der Waals surface area contributed by atoms with Crippen LogP contribution in [-0.2, 0) is 0 Å². The standard InChI is InChI=1S/C15H20O2Si/c1-10-9-11(2)14(15(16)17)13(12(10)3)7-8-18(4,5)6/h9H,1-6H3,(H,16,17). The van der Waals surface area contributed by atoms with Crippen LogP contribution in [0.15, 0.2) is 6.07 Å². The third-order valence-corrected chi connectivity index (χ3v) is 3.70. The van der Waals surface area contributed by atoms with Gasteiger partial charge in [0.25, 0.3) is 0 Å². The molecule has 2 nitrogen and oxygen atoms in total. The predicted octanol–water partition coefficient (Wildman–Crippen LogP) is 3.54. The van der Waals surface area contributed by atoms with E-state index in [1.807, 2.05) is 26.8 Å². The molecule has 0 amide bonds. The van der Waals surface area contributed by atoms with E-state index in [9.17, 15) is 9.90 Å². The van der Waals surface area contributed by atoms with Crippen LogP contribution in [-0.4, -0.2) is 19.1 Å². The Morgan fingerprint density at radius 1 is 1.17 bits per heavy atom. The highest BCUT2D eigenvalue weighted by molar-refractivity contribution is 6.83. The molecule has 0 atom stereocenters. The molecule has 0 bridgehead atoms. The summed E-state index contributed by atoms with van der Waals surface area (Å²) in [5.74, 6) is 2.22. The van der Waals surface area contributed by atoms with Crippen LogP contribution >= 0.6 is 0 Å². The first-order valence-corrected chi connectivity index (χ1v) is 9.51. The Hall–Kier alpha value is -1.53. The Bertz CT molecular complexity index is 555. The molecule has 0 aromatic heterocycles. The molecule has 96 valence electrons. The predicted molar refractivity (Wildman–Crippen MR) is 77.8 cm³/mol. The Kier molecular flexibility index (Phi) is 4.03. The fourth-order valence-electron chi connectivity index (χ4n) is 1.77. The summed E-state index contributed by atoms with van der Waals surface area (Å²) in [5.41, 5.74) is 7.14. The van der Waals surface area contributed by atoms with E-state index in [0.717, 1.165) is 16.7 Å². The molecule has 1 N–H and O–H groups in total. The molecule has 1 aromatic carbocycles. The van der Waals surface area contributed by atoms with Gasteiger partial charge in [-0.2, -0.15) is 0 Å². The minimum Gasteiger partial charge on any atom is -0.478 e. The van der Waals surface area contributed by atoms with Crippen molar-refractivity contribution in [2.24, 2.45) is 0 Å².